The molecule has 3 aliphatic carbocycles. The van der Waals surface area contributed by atoms with Crippen molar-refractivity contribution < 1.29 is 22.7 Å². The zero-order valence-electron chi connectivity index (χ0n) is 15.6. The Hall–Kier alpha value is -2.88. The smallest absolute Gasteiger partial charge is 0.287 e. The first-order valence-electron chi connectivity index (χ1n) is 9.40. The van der Waals surface area contributed by atoms with E-state index in [1.807, 2.05) is 0 Å². The van der Waals surface area contributed by atoms with Crippen molar-refractivity contribution in [2.75, 3.05) is 0 Å². The number of nitrogens with zero attached hydrogens (tertiary/aromatic N) is 5. The Morgan fingerprint density at radius 3 is 2.47 bits per heavy atom. The minimum absolute atomic E-state index is 0.116. The van der Waals surface area contributed by atoms with E-state index in [-0.39, 0.29) is 19.3 Å². The lowest BCUT2D eigenvalue weighted by atomic mass is 9.31. The Morgan fingerprint density at radius 1 is 1.10 bits per heavy atom. The van der Waals surface area contributed by atoms with Crippen molar-refractivity contribution in [3.63, 3.8) is 0 Å². The second-order valence-electron chi connectivity index (χ2n) is 8.37. The van der Waals surface area contributed by atoms with Gasteiger partial charge in [-0.05, 0) is 54.0 Å². The Balaban J connectivity index is 1.53. The standard InChI is InChI=1S/C20H17F4N5O/c21-13-4-5-14(15(22)7-13)19(30,11-29-12-26-27-28-29)20(23,24)18-8-17(9-18,10-18)16-3-1-2-6-25-16/h1-7,12,30H,8-11H2/t17?,18?,19-/m0/s1. The van der Waals surface area contributed by atoms with Gasteiger partial charge in [0.05, 0.1) is 6.54 Å². The highest BCUT2D eigenvalue weighted by atomic mass is 19.3. The summed E-state index contributed by atoms with van der Waals surface area (Å²) in [6, 6.07) is 7.53. The van der Waals surface area contributed by atoms with Gasteiger partial charge >= 0.3 is 0 Å². The van der Waals surface area contributed by atoms with Gasteiger partial charge in [0.2, 0.25) is 0 Å². The molecule has 1 aromatic carbocycles. The van der Waals surface area contributed by atoms with Crippen LogP contribution in [0.25, 0.3) is 0 Å². The maximum absolute atomic E-state index is 16.0. The first kappa shape index (κ1) is 19.1. The molecular weight excluding hydrogens is 402 g/mol. The molecule has 6 nitrogen and oxygen atoms in total. The molecule has 0 saturated heterocycles. The van der Waals surface area contributed by atoms with E-state index < -0.39 is 46.1 Å². The van der Waals surface area contributed by atoms with Gasteiger partial charge in [-0.2, -0.15) is 0 Å². The molecule has 10 heteroatoms. The van der Waals surface area contributed by atoms with E-state index in [1.54, 1.807) is 24.4 Å². The van der Waals surface area contributed by atoms with Crippen LogP contribution < -0.4 is 0 Å². The number of hydrogen-bond donors (Lipinski definition) is 1. The zero-order valence-corrected chi connectivity index (χ0v) is 15.6. The lowest BCUT2D eigenvalue weighted by Crippen LogP contribution is -2.76. The highest BCUT2D eigenvalue weighted by molar-refractivity contribution is 5.40. The molecule has 1 atom stereocenters. The monoisotopic (exact) mass is 419 g/mol. The molecule has 6 rings (SSSR count). The van der Waals surface area contributed by atoms with Crippen LogP contribution in [0.5, 0.6) is 0 Å². The van der Waals surface area contributed by atoms with Gasteiger partial charge in [0.15, 0.2) is 5.60 Å². The number of aliphatic hydroxyl groups is 1. The molecule has 156 valence electrons. The van der Waals surface area contributed by atoms with Gasteiger partial charge in [-0.1, -0.05) is 6.07 Å². The van der Waals surface area contributed by atoms with Crippen LogP contribution in [-0.4, -0.2) is 36.2 Å². The summed E-state index contributed by atoms with van der Waals surface area (Å²) < 4.78 is 60.8. The first-order chi connectivity index (χ1) is 14.2. The van der Waals surface area contributed by atoms with Crippen LogP contribution in [0.4, 0.5) is 17.6 Å². The topological polar surface area (TPSA) is 76.7 Å². The number of rotatable bonds is 6. The van der Waals surface area contributed by atoms with E-state index in [0.717, 1.165) is 28.8 Å². The molecule has 0 aliphatic heterocycles. The summed E-state index contributed by atoms with van der Waals surface area (Å²) >= 11 is 0. The van der Waals surface area contributed by atoms with Crippen molar-refractivity contribution in [3.05, 3.63) is 71.8 Å². The van der Waals surface area contributed by atoms with Crippen molar-refractivity contribution in [1.29, 1.82) is 0 Å². The van der Waals surface area contributed by atoms with Crippen LogP contribution in [0, 0.1) is 17.0 Å². The summed E-state index contributed by atoms with van der Waals surface area (Å²) in [7, 11) is 0. The summed E-state index contributed by atoms with van der Waals surface area (Å²) in [6.45, 7) is -0.784. The van der Waals surface area contributed by atoms with Gasteiger partial charge in [-0.3, -0.25) is 4.98 Å². The second-order valence-corrected chi connectivity index (χ2v) is 8.37. The minimum atomic E-state index is -3.73. The number of pyridine rings is 1. The van der Waals surface area contributed by atoms with Gasteiger partial charge in [0.25, 0.3) is 5.92 Å². The molecule has 3 aromatic rings. The maximum Gasteiger partial charge on any atom is 0.287 e. The van der Waals surface area contributed by atoms with E-state index in [4.69, 9.17) is 0 Å². The average Bonchev–Trinajstić information content (AvgIpc) is 3.12. The quantitative estimate of drug-likeness (QED) is 0.622. The van der Waals surface area contributed by atoms with Gasteiger partial charge in [0, 0.05) is 34.4 Å². The molecule has 1 N–H and O–H groups in total. The highest BCUT2D eigenvalue weighted by Crippen LogP contribution is 2.80. The van der Waals surface area contributed by atoms with Gasteiger partial charge in [-0.25, -0.2) is 22.2 Å². The molecule has 30 heavy (non-hydrogen) atoms. The van der Waals surface area contributed by atoms with E-state index >= 15 is 8.78 Å². The Labute approximate surface area is 168 Å². The summed E-state index contributed by atoms with van der Waals surface area (Å²) in [6.07, 6.45) is 3.02. The third kappa shape index (κ3) is 2.39. The second kappa shape index (κ2) is 6.07. The number of hydrogen-bond acceptors (Lipinski definition) is 5. The van der Waals surface area contributed by atoms with E-state index in [1.165, 1.54) is 0 Å². The number of tetrazole rings is 1. The lowest BCUT2D eigenvalue weighted by Gasteiger charge is -2.73. The molecule has 0 radical (unpaired) electrons. The molecule has 3 aliphatic rings. The normalized spacial score (nSPS) is 27.1. The van der Waals surface area contributed by atoms with Gasteiger partial charge < -0.3 is 5.11 Å². The molecule has 0 unspecified atom stereocenters. The van der Waals surface area contributed by atoms with Crippen molar-refractivity contribution in [3.8, 4) is 0 Å². The summed E-state index contributed by atoms with van der Waals surface area (Å²) in [5.74, 6) is -5.92. The van der Waals surface area contributed by atoms with Crippen LogP contribution in [0.15, 0.2) is 48.9 Å². The highest BCUT2D eigenvalue weighted by Gasteiger charge is 2.82. The Kier molecular flexibility index (Phi) is 3.86. The fourth-order valence-corrected chi connectivity index (χ4v) is 5.17. The number of alkyl halides is 2. The molecule has 2 bridgehead atoms. The molecule has 3 saturated carbocycles. The number of benzene rings is 1. The molecule has 2 aromatic heterocycles. The van der Waals surface area contributed by atoms with Crippen molar-refractivity contribution in [2.24, 2.45) is 5.41 Å². The summed E-state index contributed by atoms with van der Waals surface area (Å²) in [4.78, 5) is 4.29. The maximum atomic E-state index is 16.0. The molecule has 2 heterocycles. The molecular formula is C20H17F4N5O. The number of halogens is 4. The van der Waals surface area contributed by atoms with Crippen LogP contribution in [-0.2, 0) is 17.6 Å². The first-order valence-corrected chi connectivity index (χ1v) is 9.40. The Morgan fingerprint density at radius 2 is 1.87 bits per heavy atom. The van der Waals surface area contributed by atoms with Crippen molar-refractivity contribution >= 4 is 0 Å². The third-order valence-electron chi connectivity index (χ3n) is 6.58. The Bertz CT molecular complexity index is 1070. The molecule has 0 spiro atoms. The summed E-state index contributed by atoms with van der Waals surface area (Å²) in [5, 5.41) is 21.6. The predicted molar refractivity (Wildman–Crippen MR) is 95.2 cm³/mol. The van der Waals surface area contributed by atoms with E-state index in [0.29, 0.717) is 6.07 Å². The van der Waals surface area contributed by atoms with Crippen LogP contribution >= 0.6 is 0 Å². The van der Waals surface area contributed by atoms with Crippen LogP contribution in [0.2, 0.25) is 0 Å². The predicted octanol–water partition coefficient (Wildman–Crippen LogP) is 2.99. The molecule has 3 fully saturated rings. The SMILES string of the molecule is O[C@@](Cn1cnnn1)(c1ccc(F)cc1F)C(F)(F)C12CC(c3ccccn3)(C1)C2. The molecule has 0 amide bonds. The van der Waals surface area contributed by atoms with Crippen LogP contribution in [0.3, 0.4) is 0 Å². The number of aromatic nitrogens is 5. The fraction of sp³-hybridized carbons (Fsp3) is 0.400. The van der Waals surface area contributed by atoms with Crippen molar-refractivity contribution in [1.82, 2.24) is 25.2 Å². The summed E-state index contributed by atoms with van der Waals surface area (Å²) in [5.41, 5.74) is -4.91. The average molecular weight is 419 g/mol. The fourth-order valence-electron chi connectivity index (χ4n) is 5.17. The zero-order chi connectivity index (χ0) is 21.2. The van der Waals surface area contributed by atoms with Gasteiger partial charge in [-0.15, -0.1) is 5.10 Å². The van der Waals surface area contributed by atoms with E-state index in [2.05, 4.69) is 20.5 Å². The van der Waals surface area contributed by atoms with Gasteiger partial charge in [0.1, 0.15) is 18.0 Å². The van der Waals surface area contributed by atoms with E-state index in [9.17, 15) is 13.9 Å². The largest absolute Gasteiger partial charge is 0.377 e. The lowest BCUT2D eigenvalue weighted by molar-refractivity contribution is -0.348. The van der Waals surface area contributed by atoms with Crippen LogP contribution in [0.1, 0.15) is 30.5 Å². The third-order valence-corrected chi connectivity index (χ3v) is 6.58. The van der Waals surface area contributed by atoms with Crippen molar-refractivity contribution in [2.45, 2.75) is 42.7 Å². The minimum Gasteiger partial charge on any atom is -0.377 e.